The van der Waals surface area contributed by atoms with Gasteiger partial charge in [-0.3, -0.25) is 43.9 Å². The second-order valence-electron chi connectivity index (χ2n) is 16.9. The fourth-order valence-corrected chi connectivity index (χ4v) is 8.39. The van der Waals surface area contributed by atoms with Crippen molar-refractivity contribution in [3.8, 4) is 5.75 Å². The largest absolute Gasteiger partial charge is 0.491 e. The molecule has 3 aliphatic heterocycles. The molecule has 23 heteroatoms. The minimum Gasteiger partial charge on any atom is -0.491 e. The Labute approximate surface area is 426 Å². The molecule has 7 rings (SSSR count). The number of benzene rings is 3. The van der Waals surface area contributed by atoms with Gasteiger partial charge in [-0.05, 0) is 55.3 Å². The molecule has 390 valence electrons. The van der Waals surface area contributed by atoms with E-state index in [9.17, 15) is 33.2 Å². The molecule has 3 aromatic carbocycles. The molecule has 4 aromatic rings. The number of halogens is 2. The summed E-state index contributed by atoms with van der Waals surface area (Å²) in [4.78, 5) is 89.1. The van der Waals surface area contributed by atoms with Crippen LogP contribution in [0.1, 0.15) is 46.4 Å². The molecule has 0 aliphatic carbocycles. The van der Waals surface area contributed by atoms with Crippen LogP contribution in [0.3, 0.4) is 0 Å². The topological polar surface area (TPSA) is 241 Å². The first-order chi connectivity index (χ1) is 35.5. The van der Waals surface area contributed by atoms with Crippen LogP contribution in [0.15, 0.2) is 67.5 Å². The molecule has 1 atom stereocenters. The van der Waals surface area contributed by atoms with Crippen LogP contribution in [-0.2, 0) is 42.9 Å². The van der Waals surface area contributed by atoms with Crippen molar-refractivity contribution in [2.24, 2.45) is 0 Å². The van der Waals surface area contributed by atoms with Gasteiger partial charge in [-0.25, -0.2) is 14.4 Å². The standard InChI is InChI=1S/C50H59ClFN9O12/c1-2-43(62)57-40-30-35-39(54-32-55-47(35)56-33-7-8-37(52)36(51)29-33)31-42(40)73-18-4-13-59-14-16-60(17-15-59)45(64)11-19-68-21-23-70-25-27-72-28-26-71-24-22-69-20-12-53-38-6-3-5-34-46(38)50(67)61(49(34)66)41-9-10-44(63)58-48(41)65/h2-3,5-8,29-32,41,53H,1,4,9-28H2,(H,57,62)(H,54,55,56)(H,58,63,65). The number of nitrogens with one attached hydrogen (secondary N) is 4. The van der Waals surface area contributed by atoms with Crippen molar-refractivity contribution in [2.45, 2.75) is 31.7 Å². The molecule has 2 saturated heterocycles. The highest BCUT2D eigenvalue weighted by Crippen LogP contribution is 2.35. The lowest BCUT2D eigenvalue weighted by atomic mass is 10.0. The van der Waals surface area contributed by atoms with Gasteiger partial charge >= 0.3 is 0 Å². The van der Waals surface area contributed by atoms with Gasteiger partial charge in [-0.1, -0.05) is 24.2 Å². The summed E-state index contributed by atoms with van der Waals surface area (Å²) < 4.78 is 47.8. The van der Waals surface area contributed by atoms with Gasteiger partial charge in [-0.15, -0.1) is 0 Å². The van der Waals surface area contributed by atoms with Crippen LogP contribution in [0.25, 0.3) is 10.9 Å². The van der Waals surface area contributed by atoms with Crippen LogP contribution in [0.4, 0.5) is 27.3 Å². The average Bonchev–Trinajstić information content (AvgIpc) is 3.64. The van der Waals surface area contributed by atoms with Crippen LogP contribution in [0, 0.1) is 5.82 Å². The second-order valence-corrected chi connectivity index (χ2v) is 17.3. The van der Waals surface area contributed by atoms with Crippen molar-refractivity contribution < 1.29 is 61.6 Å². The molecule has 0 spiro atoms. The minimum atomic E-state index is -1.03. The molecule has 6 amide bonds. The van der Waals surface area contributed by atoms with Gasteiger partial charge in [0.05, 0.1) is 106 Å². The zero-order chi connectivity index (χ0) is 51.5. The van der Waals surface area contributed by atoms with Gasteiger partial charge in [0.2, 0.25) is 23.6 Å². The number of piperazine rings is 1. The Morgan fingerprint density at radius 1 is 0.822 bits per heavy atom. The zero-order valence-corrected chi connectivity index (χ0v) is 41.1. The van der Waals surface area contributed by atoms with Gasteiger partial charge in [0.1, 0.15) is 29.8 Å². The molecular weight excluding hydrogens is 973 g/mol. The van der Waals surface area contributed by atoms with E-state index in [-0.39, 0.29) is 41.3 Å². The highest BCUT2D eigenvalue weighted by atomic mass is 35.5. The van der Waals surface area contributed by atoms with E-state index in [1.807, 2.05) is 4.90 Å². The Balaban J connectivity index is 0.669. The Morgan fingerprint density at radius 2 is 1.52 bits per heavy atom. The van der Waals surface area contributed by atoms with Gasteiger partial charge in [0.25, 0.3) is 11.8 Å². The van der Waals surface area contributed by atoms with Crippen LogP contribution in [0.5, 0.6) is 5.75 Å². The number of nitrogens with zero attached hydrogens (tertiary/aromatic N) is 5. The maximum Gasteiger partial charge on any atom is 0.264 e. The average molecular weight is 1030 g/mol. The minimum absolute atomic E-state index is 0.0383. The number of aromatic nitrogens is 2. The highest BCUT2D eigenvalue weighted by Gasteiger charge is 2.45. The van der Waals surface area contributed by atoms with E-state index in [1.165, 1.54) is 24.5 Å². The number of carbonyl (C=O) groups excluding carboxylic acids is 6. The van der Waals surface area contributed by atoms with Crippen LogP contribution >= 0.6 is 11.6 Å². The number of hydrogen-bond donors (Lipinski definition) is 4. The monoisotopic (exact) mass is 1030 g/mol. The molecule has 0 saturated carbocycles. The maximum atomic E-state index is 13.7. The van der Waals surface area contributed by atoms with Gasteiger partial charge in [-0.2, -0.15) is 0 Å². The van der Waals surface area contributed by atoms with Crippen molar-refractivity contribution in [1.82, 2.24) is 30.0 Å². The molecule has 4 N–H and O–H groups in total. The Kier molecular flexibility index (Phi) is 20.3. The Bertz CT molecular complexity index is 2620. The Morgan fingerprint density at radius 3 is 2.21 bits per heavy atom. The maximum absolute atomic E-state index is 13.7. The summed E-state index contributed by atoms with van der Waals surface area (Å²) in [6.45, 7) is 11.3. The van der Waals surface area contributed by atoms with Gasteiger partial charge < -0.3 is 49.3 Å². The lowest BCUT2D eigenvalue weighted by Crippen LogP contribution is -2.54. The smallest absolute Gasteiger partial charge is 0.264 e. The third-order valence-corrected chi connectivity index (χ3v) is 12.2. The van der Waals surface area contributed by atoms with E-state index < -0.39 is 41.4 Å². The van der Waals surface area contributed by atoms with Crippen LogP contribution in [-0.4, -0.2) is 178 Å². The lowest BCUT2D eigenvalue weighted by Gasteiger charge is -2.34. The lowest BCUT2D eigenvalue weighted by molar-refractivity contribution is -0.136. The summed E-state index contributed by atoms with van der Waals surface area (Å²) >= 11 is 5.97. The van der Waals surface area contributed by atoms with Crippen molar-refractivity contribution in [2.75, 3.05) is 128 Å². The van der Waals surface area contributed by atoms with E-state index in [0.717, 1.165) is 30.6 Å². The highest BCUT2D eigenvalue weighted by molar-refractivity contribution is 6.31. The van der Waals surface area contributed by atoms with E-state index >= 15 is 0 Å². The second kappa shape index (κ2) is 27.4. The fraction of sp³-hybridized carbons (Fsp3) is 0.440. The summed E-state index contributed by atoms with van der Waals surface area (Å²) in [5.74, 6) is -2.28. The number of ether oxygens (including phenoxy) is 6. The van der Waals surface area contributed by atoms with Crippen LogP contribution < -0.4 is 26.0 Å². The number of carbonyl (C=O) groups is 6. The summed E-state index contributed by atoms with van der Waals surface area (Å²) in [5, 5.41) is 11.8. The normalized spacial score (nSPS) is 15.9. The number of amides is 6. The first-order valence-electron chi connectivity index (χ1n) is 24.0. The molecule has 0 radical (unpaired) electrons. The summed E-state index contributed by atoms with van der Waals surface area (Å²) in [7, 11) is 0. The molecule has 3 aliphatic rings. The van der Waals surface area contributed by atoms with Gasteiger partial charge in [0.15, 0.2) is 0 Å². The quantitative estimate of drug-likeness (QED) is 0.0339. The Hall–Kier alpha value is -6.66. The number of hydrogen-bond acceptors (Lipinski definition) is 17. The summed E-state index contributed by atoms with van der Waals surface area (Å²) in [5.41, 5.74) is 2.35. The first-order valence-corrected chi connectivity index (χ1v) is 24.4. The SMILES string of the molecule is C=CC(=O)Nc1cc2c(Nc3ccc(F)c(Cl)c3)ncnc2cc1OCCCN1CCN(C(=O)CCOCCOCCOCCOCCOCCNc2cccc3c2C(=O)N(C2CCC(=O)NC2=O)C3=O)CC1. The number of imide groups is 2. The van der Waals surface area contributed by atoms with Gasteiger partial charge in [0, 0.05) is 68.5 Å². The molecule has 73 heavy (non-hydrogen) atoms. The van der Waals surface area contributed by atoms with Crippen molar-refractivity contribution >= 4 is 80.8 Å². The zero-order valence-electron chi connectivity index (χ0n) is 40.3. The molecule has 1 aromatic heterocycles. The fourth-order valence-electron chi connectivity index (χ4n) is 8.21. The molecule has 0 bridgehead atoms. The molecule has 21 nitrogen and oxygen atoms in total. The third kappa shape index (κ3) is 15.2. The van der Waals surface area contributed by atoms with Crippen molar-refractivity contribution in [3.63, 3.8) is 0 Å². The predicted octanol–water partition coefficient (Wildman–Crippen LogP) is 4.19. The molecule has 4 heterocycles. The summed E-state index contributed by atoms with van der Waals surface area (Å²) in [6.07, 6.45) is 3.68. The number of anilines is 4. The van der Waals surface area contributed by atoms with E-state index in [1.54, 1.807) is 30.3 Å². The third-order valence-electron chi connectivity index (χ3n) is 11.9. The van der Waals surface area contributed by atoms with Crippen molar-refractivity contribution in [3.05, 3.63) is 89.5 Å². The molecule has 2 fully saturated rings. The number of rotatable bonds is 29. The van der Waals surface area contributed by atoms with Crippen molar-refractivity contribution in [1.29, 1.82) is 0 Å². The number of piperidine rings is 1. The van der Waals surface area contributed by atoms with Crippen LogP contribution in [0.2, 0.25) is 5.02 Å². The summed E-state index contributed by atoms with van der Waals surface area (Å²) in [6, 6.07) is 11.5. The number of fused-ring (bicyclic) bond motifs is 2. The predicted molar refractivity (Wildman–Crippen MR) is 267 cm³/mol. The molecular formula is C50H59ClFN9O12. The van der Waals surface area contributed by atoms with E-state index in [4.69, 9.17) is 40.0 Å². The first kappa shape index (κ1) is 54.1. The molecule has 1 unspecified atom stereocenters. The van der Waals surface area contributed by atoms with E-state index in [0.29, 0.717) is 138 Å². The van der Waals surface area contributed by atoms with E-state index in [2.05, 4.69) is 42.7 Å².